The van der Waals surface area contributed by atoms with Crippen LogP contribution in [0.15, 0.2) is 54.6 Å². The van der Waals surface area contributed by atoms with Crippen LogP contribution in [0.1, 0.15) is 22.6 Å². The van der Waals surface area contributed by atoms with Crippen LogP contribution in [-0.2, 0) is 6.61 Å². The monoisotopic (exact) mass is 253 g/mol. The smallest absolute Gasteiger partial charge is 0.0681 e. The average Bonchev–Trinajstić information content (AvgIpc) is 2.43. The fraction of sp³-hybridized carbons (Fsp3) is 0.294. The summed E-state index contributed by atoms with van der Waals surface area (Å²) in [6.45, 7) is 2.25. The Bertz CT molecular complexity index is 534. The van der Waals surface area contributed by atoms with Crippen molar-refractivity contribution in [2.75, 3.05) is 13.1 Å². The predicted octanol–water partition coefficient (Wildman–Crippen LogP) is 2.53. The second-order valence-electron chi connectivity index (χ2n) is 5.21. The van der Waals surface area contributed by atoms with E-state index >= 15 is 0 Å². The first-order valence-electron chi connectivity index (χ1n) is 6.84. The lowest BCUT2D eigenvalue weighted by atomic mass is 9.77. The molecule has 2 nitrogen and oxygen atoms in total. The van der Waals surface area contributed by atoms with Crippen LogP contribution in [0.3, 0.4) is 0 Å². The Kier molecular flexibility index (Phi) is 3.62. The highest BCUT2D eigenvalue weighted by Crippen LogP contribution is 2.34. The number of nitrogens with one attached hydrogen (secondary N) is 1. The van der Waals surface area contributed by atoms with Crippen LogP contribution in [0, 0.1) is 5.92 Å². The largest absolute Gasteiger partial charge is 0.392 e. The van der Waals surface area contributed by atoms with E-state index in [4.69, 9.17) is 0 Å². The molecule has 1 atom stereocenters. The highest BCUT2D eigenvalue weighted by molar-refractivity contribution is 5.36. The van der Waals surface area contributed by atoms with E-state index in [1.54, 1.807) is 0 Å². The molecule has 0 spiro atoms. The maximum Gasteiger partial charge on any atom is 0.0681 e. The van der Waals surface area contributed by atoms with Gasteiger partial charge in [-0.25, -0.2) is 0 Å². The van der Waals surface area contributed by atoms with Gasteiger partial charge in [0.15, 0.2) is 0 Å². The molecule has 19 heavy (non-hydrogen) atoms. The van der Waals surface area contributed by atoms with E-state index in [9.17, 15) is 5.11 Å². The van der Waals surface area contributed by atoms with Crippen LogP contribution < -0.4 is 5.32 Å². The molecule has 2 aromatic carbocycles. The van der Waals surface area contributed by atoms with Gasteiger partial charge in [-0.15, -0.1) is 0 Å². The van der Waals surface area contributed by atoms with Crippen molar-refractivity contribution < 1.29 is 5.11 Å². The number of aliphatic hydroxyl groups is 1. The van der Waals surface area contributed by atoms with Crippen molar-refractivity contribution in [3.63, 3.8) is 0 Å². The van der Waals surface area contributed by atoms with E-state index in [1.807, 2.05) is 12.1 Å². The fourth-order valence-corrected chi connectivity index (χ4v) is 2.83. The summed E-state index contributed by atoms with van der Waals surface area (Å²) < 4.78 is 0. The summed E-state index contributed by atoms with van der Waals surface area (Å²) in [7, 11) is 0. The van der Waals surface area contributed by atoms with Crippen LogP contribution >= 0.6 is 0 Å². The fourth-order valence-electron chi connectivity index (χ4n) is 2.83. The Labute approximate surface area is 114 Å². The quantitative estimate of drug-likeness (QED) is 0.877. The molecular weight excluding hydrogens is 234 g/mol. The molecule has 1 fully saturated rings. The molecule has 0 aromatic heterocycles. The molecule has 1 aliphatic heterocycles. The standard InChI is InChI=1S/C17H19NO/c19-12-13-5-4-8-15(9-13)17(16-10-18-11-16)14-6-2-1-3-7-14/h1-9,16-19H,10-12H2. The lowest BCUT2D eigenvalue weighted by molar-refractivity contribution is 0.281. The van der Waals surface area contributed by atoms with Gasteiger partial charge in [-0.05, 0) is 22.6 Å². The number of rotatable bonds is 4. The van der Waals surface area contributed by atoms with E-state index < -0.39 is 0 Å². The first-order chi connectivity index (χ1) is 9.38. The lowest BCUT2D eigenvalue weighted by Gasteiger charge is -2.35. The van der Waals surface area contributed by atoms with Gasteiger partial charge in [0.05, 0.1) is 6.61 Å². The molecule has 1 saturated heterocycles. The first kappa shape index (κ1) is 12.4. The summed E-state index contributed by atoms with van der Waals surface area (Å²) in [5, 5.41) is 12.7. The summed E-state index contributed by atoms with van der Waals surface area (Å²) >= 11 is 0. The van der Waals surface area contributed by atoms with Gasteiger partial charge < -0.3 is 10.4 Å². The number of aliphatic hydroxyl groups excluding tert-OH is 1. The summed E-state index contributed by atoms with van der Waals surface area (Å²) in [6, 6.07) is 19.0. The van der Waals surface area contributed by atoms with E-state index in [0.717, 1.165) is 18.7 Å². The van der Waals surface area contributed by atoms with Gasteiger partial charge in [0, 0.05) is 19.0 Å². The Morgan fingerprint density at radius 2 is 1.74 bits per heavy atom. The molecular formula is C17H19NO. The highest BCUT2D eigenvalue weighted by atomic mass is 16.3. The highest BCUT2D eigenvalue weighted by Gasteiger charge is 2.29. The Hall–Kier alpha value is -1.64. The predicted molar refractivity (Wildman–Crippen MR) is 77.0 cm³/mol. The Balaban J connectivity index is 1.99. The second-order valence-corrected chi connectivity index (χ2v) is 5.21. The molecule has 3 rings (SSSR count). The minimum Gasteiger partial charge on any atom is -0.392 e. The van der Waals surface area contributed by atoms with Crippen molar-refractivity contribution in [3.05, 3.63) is 71.3 Å². The summed E-state index contributed by atoms with van der Waals surface area (Å²) in [6.07, 6.45) is 0. The van der Waals surface area contributed by atoms with Gasteiger partial charge in [-0.1, -0.05) is 54.6 Å². The zero-order chi connectivity index (χ0) is 13.1. The van der Waals surface area contributed by atoms with Crippen molar-refractivity contribution in [1.29, 1.82) is 0 Å². The molecule has 1 unspecified atom stereocenters. The van der Waals surface area contributed by atoms with E-state index in [-0.39, 0.29) is 6.61 Å². The minimum atomic E-state index is 0.109. The topological polar surface area (TPSA) is 32.3 Å². The van der Waals surface area contributed by atoms with Crippen molar-refractivity contribution >= 4 is 0 Å². The third kappa shape index (κ3) is 2.55. The molecule has 0 aliphatic carbocycles. The van der Waals surface area contributed by atoms with E-state index in [0.29, 0.717) is 11.8 Å². The maximum atomic E-state index is 9.31. The SMILES string of the molecule is OCc1cccc(C(c2ccccc2)C2CNC2)c1. The third-order valence-corrected chi connectivity index (χ3v) is 3.94. The molecule has 98 valence electrons. The first-order valence-corrected chi connectivity index (χ1v) is 6.84. The van der Waals surface area contributed by atoms with Gasteiger partial charge in [-0.3, -0.25) is 0 Å². The van der Waals surface area contributed by atoms with Gasteiger partial charge >= 0.3 is 0 Å². The van der Waals surface area contributed by atoms with Gasteiger partial charge in [-0.2, -0.15) is 0 Å². The molecule has 1 heterocycles. The number of hydrogen-bond acceptors (Lipinski definition) is 2. The molecule has 2 heteroatoms. The van der Waals surface area contributed by atoms with Crippen LogP contribution in [0.5, 0.6) is 0 Å². The minimum absolute atomic E-state index is 0.109. The van der Waals surface area contributed by atoms with Crippen LogP contribution in [-0.4, -0.2) is 18.2 Å². The Morgan fingerprint density at radius 1 is 1.00 bits per heavy atom. The zero-order valence-corrected chi connectivity index (χ0v) is 10.9. The summed E-state index contributed by atoms with van der Waals surface area (Å²) in [4.78, 5) is 0. The van der Waals surface area contributed by atoms with Crippen molar-refractivity contribution in [3.8, 4) is 0 Å². The van der Waals surface area contributed by atoms with Gasteiger partial charge in [0.25, 0.3) is 0 Å². The van der Waals surface area contributed by atoms with Crippen LogP contribution in [0.2, 0.25) is 0 Å². The molecule has 0 radical (unpaired) electrons. The Morgan fingerprint density at radius 3 is 2.37 bits per heavy atom. The normalized spacial score (nSPS) is 16.9. The lowest BCUT2D eigenvalue weighted by Crippen LogP contribution is -2.45. The second kappa shape index (κ2) is 5.55. The van der Waals surface area contributed by atoms with Gasteiger partial charge in [0.1, 0.15) is 0 Å². The number of hydrogen-bond donors (Lipinski definition) is 2. The van der Waals surface area contributed by atoms with Crippen molar-refractivity contribution in [1.82, 2.24) is 5.32 Å². The molecule has 0 bridgehead atoms. The van der Waals surface area contributed by atoms with Crippen molar-refractivity contribution in [2.24, 2.45) is 5.92 Å². The van der Waals surface area contributed by atoms with Gasteiger partial charge in [0.2, 0.25) is 0 Å². The summed E-state index contributed by atoms with van der Waals surface area (Å²) in [5.41, 5.74) is 3.67. The van der Waals surface area contributed by atoms with E-state index in [2.05, 4.69) is 47.8 Å². The van der Waals surface area contributed by atoms with E-state index in [1.165, 1.54) is 11.1 Å². The van der Waals surface area contributed by atoms with Crippen LogP contribution in [0.25, 0.3) is 0 Å². The molecule has 0 amide bonds. The zero-order valence-electron chi connectivity index (χ0n) is 10.9. The average molecular weight is 253 g/mol. The maximum absolute atomic E-state index is 9.31. The van der Waals surface area contributed by atoms with Crippen LogP contribution in [0.4, 0.5) is 0 Å². The molecule has 2 aromatic rings. The third-order valence-electron chi connectivity index (χ3n) is 3.94. The molecule has 2 N–H and O–H groups in total. The van der Waals surface area contributed by atoms with Crippen molar-refractivity contribution in [2.45, 2.75) is 12.5 Å². The summed E-state index contributed by atoms with van der Waals surface area (Å²) in [5.74, 6) is 1.07. The number of benzene rings is 2. The molecule has 0 saturated carbocycles. The molecule has 1 aliphatic rings.